The van der Waals surface area contributed by atoms with E-state index in [0.29, 0.717) is 23.5 Å². The SMILES string of the molecule is CCc1ccc(NC(=O)c2cc3c(=O)n(CC(C)C)ccc3n2C)cc1. The number of carbonyl (C=O) groups is 1. The van der Waals surface area contributed by atoms with Gasteiger partial charge in [-0.3, -0.25) is 9.59 Å². The molecule has 2 heterocycles. The highest BCUT2D eigenvalue weighted by molar-refractivity contribution is 6.06. The first-order valence-corrected chi connectivity index (χ1v) is 9.00. The van der Waals surface area contributed by atoms with Crippen LogP contribution in [0, 0.1) is 5.92 Å². The Labute approximate surface area is 153 Å². The van der Waals surface area contributed by atoms with Crippen molar-refractivity contribution < 1.29 is 4.79 Å². The summed E-state index contributed by atoms with van der Waals surface area (Å²) in [7, 11) is 1.81. The van der Waals surface area contributed by atoms with Gasteiger partial charge in [0.15, 0.2) is 0 Å². The van der Waals surface area contributed by atoms with Crippen LogP contribution in [0.15, 0.2) is 47.4 Å². The van der Waals surface area contributed by atoms with Gasteiger partial charge in [0.2, 0.25) is 0 Å². The average molecular weight is 351 g/mol. The van der Waals surface area contributed by atoms with Crippen molar-refractivity contribution in [2.75, 3.05) is 5.32 Å². The quantitative estimate of drug-likeness (QED) is 0.760. The summed E-state index contributed by atoms with van der Waals surface area (Å²) in [6, 6.07) is 11.4. The first-order valence-electron chi connectivity index (χ1n) is 9.00. The van der Waals surface area contributed by atoms with E-state index in [1.807, 2.05) is 37.4 Å². The van der Waals surface area contributed by atoms with Gasteiger partial charge in [-0.1, -0.05) is 32.9 Å². The van der Waals surface area contributed by atoms with Crippen LogP contribution in [-0.4, -0.2) is 15.0 Å². The van der Waals surface area contributed by atoms with Gasteiger partial charge in [0, 0.05) is 25.5 Å². The maximum atomic E-state index is 12.7. The minimum atomic E-state index is -0.220. The maximum absolute atomic E-state index is 12.7. The third kappa shape index (κ3) is 3.43. The molecular weight excluding hydrogens is 326 g/mol. The van der Waals surface area contributed by atoms with Gasteiger partial charge >= 0.3 is 0 Å². The minimum Gasteiger partial charge on any atom is -0.339 e. The number of benzene rings is 1. The Kier molecular flexibility index (Phi) is 4.98. The number of aromatic nitrogens is 2. The number of nitrogens with zero attached hydrogens (tertiary/aromatic N) is 2. The van der Waals surface area contributed by atoms with Crippen LogP contribution in [0.25, 0.3) is 10.9 Å². The molecule has 0 spiro atoms. The van der Waals surface area contributed by atoms with Crippen molar-refractivity contribution in [1.29, 1.82) is 0 Å². The van der Waals surface area contributed by atoms with Crippen molar-refractivity contribution in [3.63, 3.8) is 0 Å². The lowest BCUT2D eigenvalue weighted by Gasteiger charge is -2.09. The topological polar surface area (TPSA) is 56.0 Å². The van der Waals surface area contributed by atoms with Crippen molar-refractivity contribution in [3.05, 3.63) is 64.2 Å². The lowest BCUT2D eigenvalue weighted by molar-refractivity contribution is 0.102. The number of fused-ring (bicyclic) bond motifs is 1. The molecule has 0 aliphatic carbocycles. The standard InChI is InChI=1S/C21H25N3O2/c1-5-15-6-8-16(9-7-15)22-20(25)19-12-17-18(23(19)4)10-11-24(21(17)26)13-14(2)3/h6-12,14H,5,13H2,1-4H3,(H,22,25). The van der Waals surface area contributed by atoms with Gasteiger partial charge in [0.1, 0.15) is 5.69 Å². The lowest BCUT2D eigenvalue weighted by Crippen LogP contribution is -2.21. The third-order valence-corrected chi connectivity index (χ3v) is 4.60. The highest BCUT2D eigenvalue weighted by Crippen LogP contribution is 2.18. The molecular formula is C21H25N3O2. The molecule has 0 unspecified atom stereocenters. The van der Waals surface area contributed by atoms with Crippen molar-refractivity contribution in [2.45, 2.75) is 33.7 Å². The predicted octanol–water partition coefficient (Wildman–Crippen LogP) is 3.81. The Bertz CT molecular complexity index is 995. The first kappa shape index (κ1) is 18.0. The van der Waals surface area contributed by atoms with Crippen LogP contribution >= 0.6 is 0 Å². The number of anilines is 1. The summed E-state index contributed by atoms with van der Waals surface area (Å²) < 4.78 is 3.48. The van der Waals surface area contributed by atoms with E-state index in [2.05, 4.69) is 26.1 Å². The molecule has 0 aliphatic rings. The maximum Gasteiger partial charge on any atom is 0.272 e. The smallest absolute Gasteiger partial charge is 0.272 e. The van der Waals surface area contributed by atoms with Gasteiger partial charge in [0.25, 0.3) is 11.5 Å². The van der Waals surface area contributed by atoms with Crippen LogP contribution in [0.4, 0.5) is 5.69 Å². The molecule has 1 amide bonds. The molecule has 0 atom stereocenters. The van der Waals surface area contributed by atoms with Crippen molar-refractivity contribution >= 4 is 22.5 Å². The molecule has 0 bridgehead atoms. The zero-order valence-corrected chi connectivity index (χ0v) is 15.7. The van der Waals surface area contributed by atoms with Crippen LogP contribution in [0.1, 0.15) is 36.8 Å². The van der Waals surface area contributed by atoms with Crippen LogP contribution in [0.3, 0.4) is 0 Å². The zero-order valence-electron chi connectivity index (χ0n) is 15.7. The summed E-state index contributed by atoms with van der Waals surface area (Å²) in [5.74, 6) is 0.158. The number of nitrogens with one attached hydrogen (secondary N) is 1. The molecule has 0 radical (unpaired) electrons. The summed E-state index contributed by atoms with van der Waals surface area (Å²) in [5, 5.41) is 3.48. The summed E-state index contributed by atoms with van der Waals surface area (Å²) in [5.41, 5.74) is 3.14. The van der Waals surface area contributed by atoms with E-state index < -0.39 is 0 Å². The van der Waals surface area contributed by atoms with E-state index in [-0.39, 0.29) is 11.5 Å². The molecule has 3 rings (SSSR count). The van der Waals surface area contributed by atoms with E-state index >= 15 is 0 Å². The number of pyridine rings is 1. The van der Waals surface area contributed by atoms with E-state index in [0.717, 1.165) is 17.6 Å². The van der Waals surface area contributed by atoms with Gasteiger partial charge in [-0.2, -0.15) is 0 Å². The monoisotopic (exact) mass is 351 g/mol. The number of hydrogen-bond acceptors (Lipinski definition) is 2. The highest BCUT2D eigenvalue weighted by Gasteiger charge is 2.16. The fraction of sp³-hybridized carbons (Fsp3) is 0.333. The largest absolute Gasteiger partial charge is 0.339 e. The second-order valence-corrected chi connectivity index (χ2v) is 7.06. The number of carbonyl (C=O) groups excluding carboxylic acids is 1. The Balaban J connectivity index is 1.93. The van der Waals surface area contributed by atoms with Gasteiger partial charge < -0.3 is 14.5 Å². The van der Waals surface area contributed by atoms with E-state index in [1.165, 1.54) is 5.56 Å². The van der Waals surface area contributed by atoms with Gasteiger partial charge in [-0.25, -0.2) is 0 Å². The van der Waals surface area contributed by atoms with Gasteiger partial charge in [-0.05, 0) is 42.2 Å². The number of aryl methyl sites for hydroxylation is 2. The number of rotatable bonds is 5. The fourth-order valence-corrected chi connectivity index (χ4v) is 3.15. The van der Waals surface area contributed by atoms with Crippen LogP contribution in [0.2, 0.25) is 0 Å². The number of hydrogen-bond donors (Lipinski definition) is 1. The van der Waals surface area contributed by atoms with E-state index in [9.17, 15) is 9.59 Å². The number of amides is 1. The molecule has 3 aromatic rings. The summed E-state index contributed by atoms with van der Waals surface area (Å²) in [6.45, 7) is 6.90. The van der Waals surface area contributed by atoms with Gasteiger partial charge in [0.05, 0.1) is 10.9 Å². The van der Waals surface area contributed by atoms with Crippen molar-refractivity contribution in [1.82, 2.24) is 9.13 Å². The van der Waals surface area contributed by atoms with Gasteiger partial charge in [-0.15, -0.1) is 0 Å². The molecule has 0 fully saturated rings. The first-order chi connectivity index (χ1) is 12.4. The lowest BCUT2D eigenvalue weighted by atomic mass is 10.1. The Hall–Kier alpha value is -2.82. The zero-order chi connectivity index (χ0) is 18.8. The minimum absolute atomic E-state index is 0.0573. The fourth-order valence-electron chi connectivity index (χ4n) is 3.15. The predicted molar refractivity (Wildman–Crippen MR) is 106 cm³/mol. The highest BCUT2D eigenvalue weighted by atomic mass is 16.2. The Morgan fingerprint density at radius 3 is 2.46 bits per heavy atom. The molecule has 1 N–H and O–H groups in total. The van der Waals surface area contributed by atoms with E-state index in [1.54, 1.807) is 21.4 Å². The molecule has 1 aromatic carbocycles. The molecule has 0 aliphatic heterocycles. The van der Waals surface area contributed by atoms with Crippen LogP contribution in [-0.2, 0) is 20.0 Å². The summed E-state index contributed by atoms with van der Waals surface area (Å²) in [6.07, 6.45) is 2.76. The Morgan fingerprint density at radius 2 is 1.85 bits per heavy atom. The van der Waals surface area contributed by atoms with Crippen molar-refractivity contribution in [3.8, 4) is 0 Å². The molecule has 5 heteroatoms. The second kappa shape index (κ2) is 7.20. The molecule has 0 saturated heterocycles. The summed E-state index contributed by atoms with van der Waals surface area (Å²) >= 11 is 0. The molecule has 26 heavy (non-hydrogen) atoms. The third-order valence-electron chi connectivity index (χ3n) is 4.60. The van der Waals surface area contributed by atoms with Crippen LogP contribution in [0.5, 0.6) is 0 Å². The average Bonchev–Trinajstić information content (AvgIpc) is 2.95. The Morgan fingerprint density at radius 1 is 1.15 bits per heavy atom. The normalized spacial score (nSPS) is 11.3. The molecule has 2 aromatic heterocycles. The molecule has 136 valence electrons. The van der Waals surface area contributed by atoms with Crippen LogP contribution < -0.4 is 10.9 Å². The van der Waals surface area contributed by atoms with Crippen molar-refractivity contribution in [2.24, 2.45) is 13.0 Å². The molecule has 5 nitrogen and oxygen atoms in total. The second-order valence-electron chi connectivity index (χ2n) is 7.06. The van der Waals surface area contributed by atoms with E-state index in [4.69, 9.17) is 0 Å². The summed E-state index contributed by atoms with van der Waals surface area (Å²) in [4.78, 5) is 25.4. The molecule has 0 saturated carbocycles.